The van der Waals surface area contributed by atoms with Gasteiger partial charge in [-0.1, -0.05) is 57.5 Å². The third-order valence-electron chi connectivity index (χ3n) is 4.86. The lowest BCUT2D eigenvalue weighted by atomic mass is 9.93. The smallest absolute Gasteiger partial charge is 0.174 e. The van der Waals surface area contributed by atoms with Crippen molar-refractivity contribution in [2.45, 2.75) is 13.3 Å². The number of hydrogen-bond donors (Lipinski definition) is 1. The third-order valence-corrected chi connectivity index (χ3v) is 5.39. The highest BCUT2D eigenvalue weighted by Gasteiger charge is 2.20. The van der Waals surface area contributed by atoms with E-state index in [-0.39, 0.29) is 6.61 Å². The molecule has 0 fully saturated rings. The summed E-state index contributed by atoms with van der Waals surface area (Å²) in [6.07, 6.45) is 2.55. The minimum atomic E-state index is 0.0661. The molecule has 0 saturated heterocycles. The van der Waals surface area contributed by atoms with Crippen LogP contribution >= 0.6 is 15.9 Å². The molecule has 31 heavy (non-hydrogen) atoms. The summed E-state index contributed by atoms with van der Waals surface area (Å²) < 4.78 is 12.6. The fourth-order valence-corrected chi connectivity index (χ4v) is 3.65. The second-order valence-electron chi connectivity index (χ2n) is 7.05. The predicted molar refractivity (Wildman–Crippen MR) is 126 cm³/mol. The highest BCUT2D eigenvalue weighted by atomic mass is 79.9. The zero-order chi connectivity index (χ0) is 21.6. The topological polar surface area (TPSA) is 55.5 Å². The quantitative estimate of drug-likeness (QED) is 0.312. The summed E-state index contributed by atoms with van der Waals surface area (Å²) in [7, 11) is 0. The lowest BCUT2D eigenvalue weighted by Gasteiger charge is -2.11. The molecule has 0 saturated carbocycles. The third kappa shape index (κ3) is 4.95. The zero-order valence-corrected chi connectivity index (χ0v) is 18.7. The summed E-state index contributed by atoms with van der Waals surface area (Å²) in [6.45, 7) is 2.00. The molecule has 156 valence electrons. The van der Waals surface area contributed by atoms with Crippen LogP contribution in [0.2, 0.25) is 0 Å². The molecule has 1 heterocycles. The van der Waals surface area contributed by atoms with Crippen LogP contribution in [0.5, 0.6) is 11.5 Å². The Morgan fingerprint density at radius 2 is 1.65 bits per heavy atom. The Labute approximate surface area is 189 Å². The summed E-state index contributed by atoms with van der Waals surface area (Å²) in [5.74, 6) is 2.25. The molecule has 0 aliphatic rings. The molecule has 0 atom stereocenters. The lowest BCUT2D eigenvalue weighted by Crippen LogP contribution is -1.94. The van der Waals surface area contributed by atoms with E-state index in [2.05, 4.69) is 21.1 Å². The second-order valence-corrected chi connectivity index (χ2v) is 7.96. The number of rotatable bonds is 7. The Morgan fingerprint density at radius 3 is 2.32 bits per heavy atom. The minimum absolute atomic E-state index is 0.0661. The van der Waals surface area contributed by atoms with Crippen LogP contribution in [-0.4, -0.2) is 16.9 Å². The molecule has 1 N–H and O–H groups in total. The van der Waals surface area contributed by atoms with Gasteiger partial charge in [0.1, 0.15) is 11.5 Å². The Hall–Kier alpha value is -3.15. The van der Waals surface area contributed by atoms with Crippen molar-refractivity contribution in [2.75, 3.05) is 6.61 Å². The lowest BCUT2D eigenvalue weighted by molar-refractivity contribution is 0.303. The molecule has 0 spiro atoms. The van der Waals surface area contributed by atoms with Gasteiger partial charge in [-0.15, -0.1) is 0 Å². The normalized spacial score (nSPS) is 11.5. The fourth-order valence-electron chi connectivity index (χ4n) is 3.39. The van der Waals surface area contributed by atoms with Crippen molar-refractivity contribution >= 4 is 21.5 Å². The average molecular weight is 476 g/mol. The van der Waals surface area contributed by atoms with Crippen LogP contribution in [0, 0.1) is 6.92 Å². The number of aromatic nitrogens is 1. The molecule has 0 aliphatic heterocycles. The van der Waals surface area contributed by atoms with E-state index in [1.165, 1.54) is 0 Å². The van der Waals surface area contributed by atoms with Crippen molar-refractivity contribution in [3.05, 3.63) is 106 Å². The Kier molecular flexibility index (Phi) is 6.65. The number of aliphatic hydroxyl groups excluding tert-OH is 1. The first kappa shape index (κ1) is 21.1. The van der Waals surface area contributed by atoms with Gasteiger partial charge in [-0.05, 0) is 73.0 Å². The maximum absolute atomic E-state index is 9.45. The molecule has 0 radical (unpaired) electrons. The van der Waals surface area contributed by atoms with E-state index in [1.807, 2.05) is 91.9 Å². The SMILES string of the molecule is Cc1noc(-c2ccc(Br)cc2)c1/C(=C\CCO)c1ccc(Oc2ccccc2)cc1. The molecule has 0 bridgehead atoms. The molecule has 5 heteroatoms. The van der Waals surface area contributed by atoms with Crippen molar-refractivity contribution in [1.29, 1.82) is 0 Å². The molecular weight excluding hydrogens is 454 g/mol. The van der Waals surface area contributed by atoms with Crippen LogP contribution in [0.1, 0.15) is 23.2 Å². The molecule has 0 amide bonds. The van der Waals surface area contributed by atoms with Gasteiger partial charge < -0.3 is 14.4 Å². The molecule has 4 rings (SSSR count). The van der Waals surface area contributed by atoms with Crippen LogP contribution in [0.25, 0.3) is 16.9 Å². The number of benzene rings is 3. The van der Waals surface area contributed by atoms with Gasteiger partial charge in [0.25, 0.3) is 0 Å². The number of ether oxygens (including phenoxy) is 1. The summed E-state index contributed by atoms with van der Waals surface area (Å²) in [6, 6.07) is 25.5. The number of hydrogen-bond acceptors (Lipinski definition) is 4. The molecule has 4 aromatic rings. The van der Waals surface area contributed by atoms with Crippen molar-refractivity contribution in [3.8, 4) is 22.8 Å². The highest BCUT2D eigenvalue weighted by Crippen LogP contribution is 2.36. The van der Waals surface area contributed by atoms with E-state index in [4.69, 9.17) is 9.26 Å². The minimum Gasteiger partial charge on any atom is -0.457 e. The first-order valence-electron chi connectivity index (χ1n) is 10.0. The monoisotopic (exact) mass is 475 g/mol. The van der Waals surface area contributed by atoms with E-state index in [0.717, 1.165) is 43.9 Å². The largest absolute Gasteiger partial charge is 0.457 e. The number of para-hydroxylation sites is 1. The predicted octanol–water partition coefficient (Wildman–Crippen LogP) is 7.02. The number of aliphatic hydroxyl groups is 1. The number of halogens is 1. The van der Waals surface area contributed by atoms with Crippen molar-refractivity contribution in [2.24, 2.45) is 0 Å². The summed E-state index contributed by atoms with van der Waals surface area (Å²) in [5, 5.41) is 13.7. The first-order chi connectivity index (χ1) is 15.2. The Bertz CT molecular complexity index is 1160. The van der Waals surface area contributed by atoms with E-state index < -0.39 is 0 Å². The van der Waals surface area contributed by atoms with Crippen LogP contribution in [0.3, 0.4) is 0 Å². The summed E-state index contributed by atoms with van der Waals surface area (Å²) >= 11 is 3.47. The van der Waals surface area contributed by atoms with Crippen LogP contribution < -0.4 is 4.74 Å². The van der Waals surface area contributed by atoms with Gasteiger partial charge in [0.05, 0.1) is 11.3 Å². The standard InChI is InChI=1S/C26H22BrNO3/c1-18-25(26(31-28-18)20-9-13-21(27)14-10-20)24(8-5-17-29)19-11-15-23(16-12-19)30-22-6-3-2-4-7-22/h2-4,6-16,29H,5,17H2,1H3/b24-8-. The number of nitrogens with zero attached hydrogens (tertiary/aromatic N) is 1. The van der Waals surface area contributed by atoms with E-state index in [0.29, 0.717) is 12.2 Å². The van der Waals surface area contributed by atoms with Gasteiger partial charge in [-0.3, -0.25) is 0 Å². The van der Waals surface area contributed by atoms with Gasteiger partial charge in [-0.2, -0.15) is 0 Å². The van der Waals surface area contributed by atoms with Crippen LogP contribution in [0.15, 0.2) is 93.9 Å². The molecule has 4 nitrogen and oxygen atoms in total. The zero-order valence-electron chi connectivity index (χ0n) is 17.1. The molecule has 0 unspecified atom stereocenters. The van der Waals surface area contributed by atoms with Gasteiger partial charge in [0.15, 0.2) is 5.76 Å². The van der Waals surface area contributed by atoms with Gasteiger partial charge in [0, 0.05) is 16.6 Å². The van der Waals surface area contributed by atoms with E-state index in [1.54, 1.807) is 0 Å². The number of aryl methyl sites for hydroxylation is 1. The Morgan fingerprint density at radius 1 is 0.968 bits per heavy atom. The fraction of sp³-hybridized carbons (Fsp3) is 0.115. The second kappa shape index (κ2) is 9.77. The average Bonchev–Trinajstić information content (AvgIpc) is 3.17. The van der Waals surface area contributed by atoms with Crippen LogP contribution in [-0.2, 0) is 0 Å². The molecule has 0 aliphatic carbocycles. The van der Waals surface area contributed by atoms with Gasteiger partial charge >= 0.3 is 0 Å². The molecule has 3 aromatic carbocycles. The highest BCUT2D eigenvalue weighted by molar-refractivity contribution is 9.10. The molecule has 1 aromatic heterocycles. The van der Waals surface area contributed by atoms with E-state index >= 15 is 0 Å². The maximum Gasteiger partial charge on any atom is 0.174 e. The van der Waals surface area contributed by atoms with Crippen molar-refractivity contribution < 1.29 is 14.4 Å². The Balaban J connectivity index is 1.71. The summed E-state index contributed by atoms with van der Waals surface area (Å²) in [4.78, 5) is 0. The summed E-state index contributed by atoms with van der Waals surface area (Å²) in [5.41, 5.74) is 4.63. The molecular formula is C26H22BrNO3. The van der Waals surface area contributed by atoms with E-state index in [9.17, 15) is 5.11 Å². The van der Waals surface area contributed by atoms with Crippen molar-refractivity contribution in [3.63, 3.8) is 0 Å². The van der Waals surface area contributed by atoms with Gasteiger partial charge in [-0.25, -0.2) is 0 Å². The maximum atomic E-state index is 9.45. The van der Waals surface area contributed by atoms with Crippen molar-refractivity contribution in [1.82, 2.24) is 5.16 Å². The van der Waals surface area contributed by atoms with Crippen LogP contribution in [0.4, 0.5) is 0 Å². The van der Waals surface area contributed by atoms with Gasteiger partial charge in [0.2, 0.25) is 0 Å². The first-order valence-corrected chi connectivity index (χ1v) is 10.8.